The molecule has 134 valence electrons. The van der Waals surface area contributed by atoms with E-state index in [1.54, 1.807) is 6.07 Å². The largest absolute Gasteiger partial charge is 0.467 e. The number of amides is 1. The first-order valence-electron chi connectivity index (χ1n) is 9.00. The number of piperazine rings is 1. The third kappa shape index (κ3) is 3.36. The molecule has 0 aliphatic carbocycles. The van der Waals surface area contributed by atoms with Gasteiger partial charge in [0.25, 0.3) is 5.91 Å². The van der Waals surface area contributed by atoms with Crippen LogP contribution in [-0.2, 0) is 13.1 Å². The number of carbonyl (C=O) groups excluding carboxylic acids is 1. The minimum atomic E-state index is 0.0262. The number of furan rings is 1. The first kappa shape index (κ1) is 16.8. The lowest BCUT2D eigenvalue weighted by molar-refractivity contribution is 0.0628. The van der Waals surface area contributed by atoms with E-state index < -0.39 is 0 Å². The van der Waals surface area contributed by atoms with E-state index in [1.807, 2.05) is 4.90 Å². The van der Waals surface area contributed by atoms with Crippen LogP contribution in [0.5, 0.6) is 0 Å². The molecule has 2 N–H and O–H groups in total. The fourth-order valence-electron chi connectivity index (χ4n) is 3.56. The first-order chi connectivity index (χ1) is 12.7. The molecule has 26 heavy (non-hydrogen) atoms. The molecule has 0 bridgehead atoms. The fraction of sp³-hybridized carbons (Fsp3) is 0.286. The highest BCUT2D eigenvalue weighted by atomic mass is 16.3. The van der Waals surface area contributed by atoms with E-state index in [1.165, 1.54) is 22.6 Å². The number of carbonyl (C=O) groups is 1. The molecule has 1 aliphatic rings. The summed E-state index contributed by atoms with van der Waals surface area (Å²) in [6.45, 7) is 4.42. The number of hydrogen-bond donors (Lipinski definition) is 1. The van der Waals surface area contributed by atoms with Gasteiger partial charge in [0.15, 0.2) is 0 Å². The second-order valence-electron chi connectivity index (χ2n) is 6.71. The van der Waals surface area contributed by atoms with E-state index in [0.717, 1.165) is 32.7 Å². The van der Waals surface area contributed by atoms with Crippen molar-refractivity contribution in [2.24, 2.45) is 5.73 Å². The van der Waals surface area contributed by atoms with Gasteiger partial charge in [0.05, 0.1) is 12.1 Å². The highest BCUT2D eigenvalue weighted by Gasteiger charge is 2.23. The Kier molecular flexibility index (Phi) is 4.73. The van der Waals surface area contributed by atoms with E-state index in [-0.39, 0.29) is 5.91 Å². The quantitative estimate of drug-likeness (QED) is 0.787. The standard InChI is InChI=1S/C21H23N3O2/c22-13-19-12-18(15-26-19)21(25)24-10-8-23(9-11-24)14-17-6-3-5-16-4-1-2-7-20(16)17/h1-7,12,15H,8-11,13-14,22H2. The van der Waals surface area contributed by atoms with Crippen molar-refractivity contribution >= 4 is 16.7 Å². The Morgan fingerprint density at radius 3 is 2.58 bits per heavy atom. The second-order valence-corrected chi connectivity index (χ2v) is 6.71. The number of fused-ring (bicyclic) bond motifs is 1. The van der Waals surface area contributed by atoms with Crippen LogP contribution >= 0.6 is 0 Å². The molecule has 5 heteroatoms. The van der Waals surface area contributed by atoms with Crippen molar-refractivity contribution in [2.45, 2.75) is 13.1 Å². The van der Waals surface area contributed by atoms with Crippen LogP contribution in [0.4, 0.5) is 0 Å². The summed E-state index contributed by atoms with van der Waals surface area (Å²) in [6.07, 6.45) is 1.51. The summed E-state index contributed by atoms with van der Waals surface area (Å²) >= 11 is 0. The fourth-order valence-corrected chi connectivity index (χ4v) is 3.56. The molecule has 4 rings (SSSR count). The molecule has 2 aromatic carbocycles. The molecule has 0 unspecified atom stereocenters. The Labute approximate surface area is 153 Å². The van der Waals surface area contributed by atoms with Crippen LogP contribution in [0.1, 0.15) is 21.7 Å². The summed E-state index contributed by atoms with van der Waals surface area (Å²) < 4.78 is 5.28. The van der Waals surface area contributed by atoms with Crippen molar-refractivity contribution < 1.29 is 9.21 Å². The van der Waals surface area contributed by atoms with Gasteiger partial charge >= 0.3 is 0 Å². The number of benzene rings is 2. The average molecular weight is 349 g/mol. The van der Waals surface area contributed by atoms with Gasteiger partial charge in [0, 0.05) is 32.7 Å². The van der Waals surface area contributed by atoms with E-state index >= 15 is 0 Å². The van der Waals surface area contributed by atoms with E-state index in [9.17, 15) is 4.79 Å². The molecule has 0 radical (unpaired) electrons. The maximum absolute atomic E-state index is 12.6. The summed E-state index contributed by atoms with van der Waals surface area (Å²) in [7, 11) is 0. The molecule has 1 fully saturated rings. The van der Waals surface area contributed by atoms with Crippen LogP contribution in [0.15, 0.2) is 59.2 Å². The number of nitrogens with zero attached hydrogens (tertiary/aromatic N) is 2. The van der Waals surface area contributed by atoms with E-state index in [4.69, 9.17) is 10.2 Å². The topological polar surface area (TPSA) is 62.7 Å². The lowest BCUT2D eigenvalue weighted by Crippen LogP contribution is -2.48. The molecule has 3 aromatic rings. The Balaban J connectivity index is 1.39. The van der Waals surface area contributed by atoms with Crippen molar-refractivity contribution in [1.29, 1.82) is 0 Å². The number of nitrogens with two attached hydrogens (primary N) is 1. The van der Waals surface area contributed by atoms with Crippen LogP contribution in [-0.4, -0.2) is 41.9 Å². The molecule has 1 aromatic heterocycles. The Morgan fingerprint density at radius 1 is 1.04 bits per heavy atom. The van der Waals surface area contributed by atoms with Gasteiger partial charge in [0.1, 0.15) is 12.0 Å². The van der Waals surface area contributed by atoms with Crippen LogP contribution in [0, 0.1) is 0 Å². The van der Waals surface area contributed by atoms with Gasteiger partial charge in [-0.25, -0.2) is 0 Å². The monoisotopic (exact) mass is 349 g/mol. The molecule has 1 saturated heterocycles. The van der Waals surface area contributed by atoms with Crippen molar-refractivity contribution in [3.8, 4) is 0 Å². The molecule has 2 heterocycles. The zero-order valence-corrected chi connectivity index (χ0v) is 14.7. The van der Waals surface area contributed by atoms with Gasteiger partial charge in [-0.3, -0.25) is 9.69 Å². The second kappa shape index (κ2) is 7.32. The Bertz CT molecular complexity index is 905. The highest BCUT2D eigenvalue weighted by Crippen LogP contribution is 2.21. The van der Waals surface area contributed by atoms with Crippen LogP contribution in [0.2, 0.25) is 0 Å². The lowest BCUT2D eigenvalue weighted by atomic mass is 10.0. The number of hydrogen-bond acceptors (Lipinski definition) is 4. The molecular weight excluding hydrogens is 326 g/mol. The van der Waals surface area contributed by atoms with Gasteiger partial charge in [0.2, 0.25) is 0 Å². The molecule has 1 amide bonds. The lowest BCUT2D eigenvalue weighted by Gasteiger charge is -2.34. The zero-order valence-electron chi connectivity index (χ0n) is 14.7. The minimum absolute atomic E-state index is 0.0262. The summed E-state index contributed by atoms with van der Waals surface area (Å²) in [6, 6.07) is 16.7. The summed E-state index contributed by atoms with van der Waals surface area (Å²) in [4.78, 5) is 16.9. The Morgan fingerprint density at radius 2 is 1.81 bits per heavy atom. The smallest absolute Gasteiger partial charge is 0.257 e. The summed E-state index contributed by atoms with van der Waals surface area (Å²) in [5, 5.41) is 2.58. The SMILES string of the molecule is NCc1cc(C(=O)N2CCN(Cc3cccc4ccccc34)CC2)co1. The van der Waals surface area contributed by atoms with Crippen molar-refractivity contribution in [3.63, 3.8) is 0 Å². The van der Waals surface area contributed by atoms with Gasteiger partial charge in [-0.2, -0.15) is 0 Å². The van der Waals surface area contributed by atoms with Crippen molar-refractivity contribution in [1.82, 2.24) is 9.80 Å². The maximum atomic E-state index is 12.6. The van der Waals surface area contributed by atoms with Crippen LogP contribution in [0.25, 0.3) is 10.8 Å². The van der Waals surface area contributed by atoms with Gasteiger partial charge in [-0.1, -0.05) is 42.5 Å². The zero-order chi connectivity index (χ0) is 17.9. The third-order valence-electron chi connectivity index (χ3n) is 5.04. The molecule has 1 aliphatic heterocycles. The maximum Gasteiger partial charge on any atom is 0.257 e. The van der Waals surface area contributed by atoms with E-state index in [2.05, 4.69) is 47.4 Å². The third-order valence-corrected chi connectivity index (χ3v) is 5.04. The minimum Gasteiger partial charge on any atom is -0.467 e. The molecule has 0 atom stereocenters. The van der Waals surface area contributed by atoms with Crippen molar-refractivity contribution in [2.75, 3.05) is 26.2 Å². The van der Waals surface area contributed by atoms with Gasteiger partial charge in [-0.05, 0) is 22.4 Å². The van der Waals surface area contributed by atoms with E-state index in [0.29, 0.717) is 17.9 Å². The number of rotatable bonds is 4. The normalized spacial score (nSPS) is 15.5. The molecule has 0 spiro atoms. The van der Waals surface area contributed by atoms with Crippen molar-refractivity contribution in [3.05, 3.63) is 71.7 Å². The summed E-state index contributed by atoms with van der Waals surface area (Å²) in [5.74, 6) is 0.668. The van der Waals surface area contributed by atoms with Gasteiger partial charge < -0.3 is 15.1 Å². The molecular formula is C21H23N3O2. The highest BCUT2D eigenvalue weighted by molar-refractivity contribution is 5.94. The average Bonchev–Trinajstić information content (AvgIpc) is 3.18. The van der Waals surface area contributed by atoms with Gasteiger partial charge in [-0.15, -0.1) is 0 Å². The Hall–Kier alpha value is -2.63. The first-order valence-corrected chi connectivity index (χ1v) is 9.00. The van der Waals surface area contributed by atoms with Crippen LogP contribution in [0.3, 0.4) is 0 Å². The predicted molar refractivity (Wildman–Crippen MR) is 102 cm³/mol. The summed E-state index contributed by atoms with van der Waals surface area (Å²) in [5.41, 5.74) is 7.48. The van der Waals surface area contributed by atoms with Crippen LogP contribution < -0.4 is 5.73 Å². The predicted octanol–water partition coefficient (Wildman–Crippen LogP) is 2.85. The molecule has 0 saturated carbocycles. The molecule has 5 nitrogen and oxygen atoms in total.